The van der Waals surface area contributed by atoms with Crippen molar-refractivity contribution in [2.45, 2.75) is 12.5 Å². The van der Waals surface area contributed by atoms with Gasteiger partial charge in [-0.3, -0.25) is 9.59 Å². The minimum atomic E-state index is -1.09. The van der Waals surface area contributed by atoms with Crippen LogP contribution in [0.15, 0.2) is 42.5 Å². The fourth-order valence-corrected chi connectivity index (χ4v) is 3.32. The van der Waals surface area contributed by atoms with E-state index in [9.17, 15) is 18.4 Å². The molecule has 4 rings (SSSR count). The van der Waals surface area contributed by atoms with Gasteiger partial charge >= 0.3 is 0 Å². The highest BCUT2D eigenvalue weighted by Gasteiger charge is 2.32. The lowest BCUT2D eigenvalue weighted by Crippen LogP contribution is -2.35. The van der Waals surface area contributed by atoms with Crippen LogP contribution in [0.4, 0.5) is 20.3 Å². The number of fused-ring (bicyclic) bond motifs is 1. The Morgan fingerprint density at radius 1 is 1.10 bits per heavy atom. The predicted octanol–water partition coefficient (Wildman–Crippen LogP) is 3.37. The Hall–Kier alpha value is -3.95. The number of halogens is 2. The van der Waals surface area contributed by atoms with E-state index in [0.717, 1.165) is 12.1 Å². The fraction of sp³-hybridized carbons (Fsp3) is 0.190. The van der Waals surface area contributed by atoms with Crippen LogP contribution in [0.5, 0.6) is 11.5 Å². The molecule has 3 aromatic rings. The van der Waals surface area contributed by atoms with Crippen LogP contribution in [-0.2, 0) is 9.59 Å². The zero-order valence-corrected chi connectivity index (χ0v) is 16.6. The zero-order chi connectivity index (χ0) is 22.1. The Balaban J connectivity index is 1.65. The lowest BCUT2D eigenvalue weighted by atomic mass is 10.1. The molecule has 1 aromatic heterocycles. The first-order chi connectivity index (χ1) is 14.9. The van der Waals surface area contributed by atoms with Crippen molar-refractivity contribution in [3.8, 4) is 22.8 Å². The van der Waals surface area contributed by atoms with Crippen molar-refractivity contribution in [2.24, 2.45) is 0 Å². The number of nitrogens with zero attached hydrogens (tertiary/aromatic N) is 2. The summed E-state index contributed by atoms with van der Waals surface area (Å²) in [6.07, 6.45) is -0.157. The maximum Gasteiger partial charge on any atom is 0.249 e. The summed E-state index contributed by atoms with van der Waals surface area (Å²) < 4.78 is 38.5. The third-order valence-corrected chi connectivity index (χ3v) is 4.85. The predicted molar refractivity (Wildman–Crippen MR) is 108 cm³/mol. The molecule has 160 valence electrons. The first-order valence-corrected chi connectivity index (χ1v) is 9.27. The smallest absolute Gasteiger partial charge is 0.249 e. The lowest BCUT2D eigenvalue weighted by molar-refractivity contribution is -0.125. The number of aromatic nitrogens is 2. The summed E-state index contributed by atoms with van der Waals surface area (Å²) in [5, 5.41) is 9.66. The van der Waals surface area contributed by atoms with Gasteiger partial charge in [0, 0.05) is 23.4 Å². The molecule has 2 heterocycles. The quantitative estimate of drug-likeness (QED) is 0.650. The number of amides is 2. The molecule has 2 amide bonds. The first kappa shape index (κ1) is 20.3. The molecule has 1 aliphatic rings. The Morgan fingerprint density at radius 3 is 2.58 bits per heavy atom. The van der Waals surface area contributed by atoms with Gasteiger partial charge in [0.05, 0.1) is 26.3 Å². The van der Waals surface area contributed by atoms with E-state index in [-0.39, 0.29) is 18.0 Å². The summed E-state index contributed by atoms with van der Waals surface area (Å²) in [6, 6.07) is 8.90. The van der Waals surface area contributed by atoms with Crippen LogP contribution in [0, 0.1) is 11.6 Å². The van der Waals surface area contributed by atoms with E-state index in [1.807, 2.05) is 0 Å². The van der Waals surface area contributed by atoms with E-state index < -0.39 is 23.6 Å². The van der Waals surface area contributed by atoms with Gasteiger partial charge in [-0.05, 0) is 30.3 Å². The highest BCUT2D eigenvalue weighted by Crippen LogP contribution is 2.35. The second kappa shape index (κ2) is 8.05. The molecule has 1 atom stereocenters. The number of anilines is 2. The molecule has 2 N–H and O–H groups in total. The average Bonchev–Trinajstić information content (AvgIpc) is 3.19. The number of carbonyl (C=O) groups is 2. The summed E-state index contributed by atoms with van der Waals surface area (Å²) in [7, 11) is 3.04. The standard InChI is InChI=1S/C21H18F2N4O4/c1-30-17-6-3-11(7-18(17)31-2)15-9-19-25-20(28)10-16(27(19)26-15)21(29)24-12-4-5-13(22)14(23)8-12/h3-9,16H,10H2,1-2H3,(H,24,29)(H,25,28). The van der Waals surface area contributed by atoms with Crippen LogP contribution in [0.3, 0.4) is 0 Å². The minimum Gasteiger partial charge on any atom is -0.493 e. The van der Waals surface area contributed by atoms with Crippen LogP contribution >= 0.6 is 0 Å². The molecule has 0 bridgehead atoms. The van der Waals surface area contributed by atoms with E-state index in [1.54, 1.807) is 24.3 Å². The molecule has 1 unspecified atom stereocenters. The highest BCUT2D eigenvalue weighted by atomic mass is 19.2. The number of methoxy groups -OCH3 is 2. The monoisotopic (exact) mass is 428 g/mol. The van der Waals surface area contributed by atoms with Crippen LogP contribution in [-0.4, -0.2) is 35.8 Å². The molecule has 0 aliphatic carbocycles. The molecule has 8 nitrogen and oxygen atoms in total. The van der Waals surface area contributed by atoms with Crippen molar-refractivity contribution in [1.29, 1.82) is 0 Å². The van der Waals surface area contributed by atoms with E-state index in [0.29, 0.717) is 28.6 Å². The van der Waals surface area contributed by atoms with Gasteiger partial charge in [-0.15, -0.1) is 0 Å². The van der Waals surface area contributed by atoms with Crippen molar-refractivity contribution in [3.05, 3.63) is 54.1 Å². The summed E-state index contributed by atoms with van der Waals surface area (Å²) in [5.74, 6) is -1.67. The van der Waals surface area contributed by atoms with Gasteiger partial charge in [0.25, 0.3) is 0 Å². The molecule has 0 saturated carbocycles. The van der Waals surface area contributed by atoms with E-state index in [2.05, 4.69) is 15.7 Å². The van der Waals surface area contributed by atoms with Crippen LogP contribution in [0.1, 0.15) is 12.5 Å². The molecule has 2 aromatic carbocycles. The third kappa shape index (κ3) is 3.91. The highest BCUT2D eigenvalue weighted by molar-refractivity contribution is 6.01. The molecule has 0 saturated heterocycles. The number of hydrogen-bond donors (Lipinski definition) is 2. The molecule has 10 heteroatoms. The van der Waals surface area contributed by atoms with Gasteiger partial charge in [-0.1, -0.05) is 0 Å². The molecule has 0 fully saturated rings. The summed E-state index contributed by atoms with van der Waals surface area (Å²) >= 11 is 0. The van der Waals surface area contributed by atoms with Gasteiger partial charge in [0.2, 0.25) is 11.8 Å². The maximum atomic E-state index is 13.5. The Morgan fingerprint density at radius 2 is 1.87 bits per heavy atom. The number of benzene rings is 2. The number of hydrogen-bond acceptors (Lipinski definition) is 5. The van der Waals surface area contributed by atoms with E-state index in [4.69, 9.17) is 9.47 Å². The topological polar surface area (TPSA) is 94.5 Å². The summed E-state index contributed by atoms with van der Waals surface area (Å²) in [4.78, 5) is 24.9. The Kier molecular flexibility index (Phi) is 5.28. The van der Waals surface area contributed by atoms with Crippen molar-refractivity contribution in [2.75, 3.05) is 24.9 Å². The maximum absolute atomic E-state index is 13.5. The van der Waals surface area contributed by atoms with Gasteiger partial charge in [0.15, 0.2) is 23.1 Å². The molecule has 1 aliphatic heterocycles. The average molecular weight is 428 g/mol. The fourth-order valence-electron chi connectivity index (χ4n) is 3.32. The molecular weight excluding hydrogens is 410 g/mol. The third-order valence-electron chi connectivity index (χ3n) is 4.85. The van der Waals surface area contributed by atoms with E-state index >= 15 is 0 Å². The van der Waals surface area contributed by atoms with Crippen LogP contribution in [0.2, 0.25) is 0 Å². The SMILES string of the molecule is COc1ccc(-c2cc3n(n2)C(C(=O)Nc2ccc(F)c(F)c2)CC(=O)N3)cc1OC. The summed E-state index contributed by atoms with van der Waals surface area (Å²) in [6.45, 7) is 0. The van der Waals surface area contributed by atoms with Gasteiger partial charge < -0.3 is 20.1 Å². The van der Waals surface area contributed by atoms with Crippen molar-refractivity contribution in [1.82, 2.24) is 9.78 Å². The largest absolute Gasteiger partial charge is 0.493 e. The van der Waals surface area contributed by atoms with Gasteiger partial charge in [-0.2, -0.15) is 5.10 Å². The first-order valence-electron chi connectivity index (χ1n) is 9.27. The van der Waals surface area contributed by atoms with E-state index in [1.165, 1.54) is 25.0 Å². The number of ether oxygens (including phenoxy) is 2. The molecule has 0 radical (unpaired) electrons. The zero-order valence-electron chi connectivity index (χ0n) is 16.6. The van der Waals surface area contributed by atoms with Crippen molar-refractivity contribution < 1.29 is 27.8 Å². The van der Waals surface area contributed by atoms with Crippen molar-refractivity contribution >= 4 is 23.3 Å². The van der Waals surface area contributed by atoms with Crippen molar-refractivity contribution in [3.63, 3.8) is 0 Å². The number of carbonyl (C=O) groups excluding carboxylic acids is 2. The second-order valence-corrected chi connectivity index (χ2v) is 6.82. The number of nitrogens with one attached hydrogen (secondary N) is 2. The van der Waals surface area contributed by atoms with Gasteiger partial charge in [0.1, 0.15) is 11.9 Å². The Labute approximate surface area is 175 Å². The normalized spacial score (nSPS) is 15.1. The molecular formula is C21H18F2N4O4. The molecule has 0 spiro atoms. The Bertz CT molecular complexity index is 1180. The van der Waals surface area contributed by atoms with Gasteiger partial charge in [-0.25, -0.2) is 13.5 Å². The second-order valence-electron chi connectivity index (χ2n) is 6.82. The minimum absolute atomic E-state index is 0.0729. The van der Waals surface area contributed by atoms with Crippen LogP contribution in [0.25, 0.3) is 11.3 Å². The van der Waals surface area contributed by atoms with Crippen LogP contribution < -0.4 is 20.1 Å². The number of rotatable bonds is 5. The summed E-state index contributed by atoms with van der Waals surface area (Å²) in [5.41, 5.74) is 1.26. The molecule has 31 heavy (non-hydrogen) atoms. The lowest BCUT2D eigenvalue weighted by Gasteiger charge is -2.23.